The Morgan fingerprint density at radius 3 is 2.47 bits per heavy atom. The molecule has 0 atom stereocenters. The lowest BCUT2D eigenvalue weighted by Crippen LogP contribution is -2.19. The lowest BCUT2D eigenvalue weighted by atomic mass is 9.72. The molecule has 1 aliphatic rings. The van der Waals surface area contributed by atoms with Crippen LogP contribution in [0.5, 0.6) is 0 Å². The smallest absolute Gasteiger partial charge is 0.309 e. The molecule has 0 fully saturated rings. The predicted molar refractivity (Wildman–Crippen MR) is 77.5 cm³/mol. The van der Waals surface area contributed by atoms with Gasteiger partial charge in [-0.25, -0.2) is 0 Å². The van der Waals surface area contributed by atoms with Gasteiger partial charge < -0.3 is 4.74 Å². The molecule has 2 rings (SSSR count). The largest absolute Gasteiger partial charge is 0.469 e. The monoisotopic (exact) mass is 256 g/mol. The van der Waals surface area contributed by atoms with Crippen LogP contribution in [-0.2, 0) is 9.53 Å². The normalized spacial score (nSPS) is 17.4. The van der Waals surface area contributed by atoms with E-state index in [0.717, 1.165) is 12.0 Å². The zero-order valence-electron chi connectivity index (χ0n) is 11.8. The molecule has 0 aromatic heterocycles. The van der Waals surface area contributed by atoms with E-state index < -0.39 is 0 Å². The molecule has 2 heteroatoms. The first-order valence-corrected chi connectivity index (χ1v) is 6.55. The van der Waals surface area contributed by atoms with E-state index in [-0.39, 0.29) is 11.4 Å². The molecule has 0 saturated heterocycles. The molecule has 1 aromatic rings. The number of hydrogen-bond acceptors (Lipinski definition) is 2. The van der Waals surface area contributed by atoms with Crippen molar-refractivity contribution in [1.29, 1.82) is 0 Å². The molecule has 0 amide bonds. The third-order valence-electron chi connectivity index (χ3n) is 3.57. The van der Waals surface area contributed by atoms with Crippen molar-refractivity contribution < 1.29 is 9.53 Å². The van der Waals surface area contributed by atoms with Crippen LogP contribution < -0.4 is 0 Å². The SMILES string of the molecule is COC(=O)CC1=CC=C(c2ccccc2)C(C)(C)C1. The van der Waals surface area contributed by atoms with Gasteiger partial charge in [-0.3, -0.25) is 4.79 Å². The topological polar surface area (TPSA) is 26.3 Å². The summed E-state index contributed by atoms with van der Waals surface area (Å²) in [5, 5.41) is 0. The van der Waals surface area contributed by atoms with E-state index in [9.17, 15) is 4.79 Å². The standard InChI is InChI=1S/C17H20O2/c1-17(2)12-13(11-16(18)19-3)9-10-15(17)14-7-5-4-6-8-14/h4-10H,11-12H2,1-3H3. The number of hydrogen-bond donors (Lipinski definition) is 0. The summed E-state index contributed by atoms with van der Waals surface area (Å²) >= 11 is 0. The third-order valence-corrected chi connectivity index (χ3v) is 3.57. The second-order valence-electron chi connectivity index (χ2n) is 5.58. The number of carbonyl (C=O) groups is 1. The summed E-state index contributed by atoms with van der Waals surface area (Å²) < 4.78 is 4.73. The van der Waals surface area contributed by atoms with Gasteiger partial charge in [0, 0.05) is 0 Å². The van der Waals surface area contributed by atoms with E-state index in [1.165, 1.54) is 18.2 Å². The maximum Gasteiger partial charge on any atom is 0.309 e. The highest BCUT2D eigenvalue weighted by molar-refractivity contribution is 5.76. The van der Waals surface area contributed by atoms with Crippen LogP contribution in [0.3, 0.4) is 0 Å². The van der Waals surface area contributed by atoms with Gasteiger partial charge in [0.1, 0.15) is 0 Å². The van der Waals surface area contributed by atoms with E-state index in [4.69, 9.17) is 4.74 Å². The van der Waals surface area contributed by atoms with Gasteiger partial charge in [0.25, 0.3) is 0 Å². The van der Waals surface area contributed by atoms with E-state index >= 15 is 0 Å². The molecule has 19 heavy (non-hydrogen) atoms. The van der Waals surface area contributed by atoms with Crippen LogP contribution in [0.15, 0.2) is 48.1 Å². The van der Waals surface area contributed by atoms with Crippen molar-refractivity contribution in [1.82, 2.24) is 0 Å². The Kier molecular flexibility index (Phi) is 3.89. The molecule has 2 nitrogen and oxygen atoms in total. The molecule has 0 heterocycles. The Balaban J connectivity index is 2.27. The molecular weight excluding hydrogens is 236 g/mol. The van der Waals surface area contributed by atoms with Crippen LogP contribution in [0.1, 0.15) is 32.3 Å². The number of carbonyl (C=O) groups excluding carboxylic acids is 1. The summed E-state index contributed by atoms with van der Waals surface area (Å²) in [6, 6.07) is 10.4. The number of benzene rings is 1. The summed E-state index contributed by atoms with van der Waals surface area (Å²) in [5.74, 6) is -0.168. The zero-order chi connectivity index (χ0) is 13.9. The number of allylic oxidation sites excluding steroid dienone is 3. The molecule has 1 aromatic carbocycles. The van der Waals surface area contributed by atoms with Gasteiger partial charge in [-0.15, -0.1) is 0 Å². The highest BCUT2D eigenvalue weighted by Crippen LogP contribution is 2.43. The van der Waals surface area contributed by atoms with Crippen molar-refractivity contribution in [2.75, 3.05) is 7.11 Å². The van der Waals surface area contributed by atoms with Crippen molar-refractivity contribution in [3.8, 4) is 0 Å². The fourth-order valence-corrected chi connectivity index (χ4v) is 2.63. The third kappa shape index (κ3) is 3.14. The summed E-state index contributed by atoms with van der Waals surface area (Å²) in [6.45, 7) is 4.44. The predicted octanol–water partition coefficient (Wildman–Crippen LogP) is 3.99. The second kappa shape index (κ2) is 5.43. The van der Waals surface area contributed by atoms with Gasteiger partial charge in [0.05, 0.1) is 13.5 Å². The molecule has 100 valence electrons. The average Bonchev–Trinajstić information content (AvgIpc) is 2.38. The summed E-state index contributed by atoms with van der Waals surface area (Å²) in [4.78, 5) is 11.4. The zero-order valence-corrected chi connectivity index (χ0v) is 11.8. The Hall–Kier alpha value is -1.83. The highest BCUT2D eigenvalue weighted by atomic mass is 16.5. The number of rotatable bonds is 3. The first-order valence-electron chi connectivity index (χ1n) is 6.55. The Bertz CT molecular complexity index is 521. The fourth-order valence-electron chi connectivity index (χ4n) is 2.63. The summed E-state index contributed by atoms with van der Waals surface area (Å²) in [5.41, 5.74) is 3.75. The summed E-state index contributed by atoms with van der Waals surface area (Å²) in [6.07, 6.45) is 5.48. The number of ether oxygens (including phenoxy) is 1. The van der Waals surface area contributed by atoms with Crippen molar-refractivity contribution in [2.24, 2.45) is 5.41 Å². The quantitative estimate of drug-likeness (QED) is 0.764. The first-order chi connectivity index (χ1) is 9.03. The van der Waals surface area contributed by atoms with Gasteiger partial charge >= 0.3 is 5.97 Å². The maximum absolute atomic E-state index is 11.4. The first kappa shape index (κ1) is 13.6. The van der Waals surface area contributed by atoms with Gasteiger partial charge in [0.2, 0.25) is 0 Å². The van der Waals surface area contributed by atoms with Crippen LogP contribution in [0.4, 0.5) is 0 Å². The van der Waals surface area contributed by atoms with E-state index in [1.54, 1.807) is 0 Å². The fraction of sp³-hybridized carbons (Fsp3) is 0.353. The maximum atomic E-state index is 11.4. The average molecular weight is 256 g/mol. The minimum absolute atomic E-state index is 0.0411. The molecular formula is C17H20O2. The van der Waals surface area contributed by atoms with Crippen LogP contribution in [0, 0.1) is 5.41 Å². The lowest BCUT2D eigenvalue weighted by Gasteiger charge is -2.32. The van der Waals surface area contributed by atoms with Crippen LogP contribution >= 0.6 is 0 Å². The second-order valence-corrected chi connectivity index (χ2v) is 5.58. The lowest BCUT2D eigenvalue weighted by molar-refractivity contribution is -0.139. The molecule has 0 spiro atoms. The Morgan fingerprint density at radius 2 is 1.89 bits per heavy atom. The number of methoxy groups -OCH3 is 1. The van der Waals surface area contributed by atoms with Gasteiger partial charge in [-0.2, -0.15) is 0 Å². The highest BCUT2D eigenvalue weighted by Gasteiger charge is 2.28. The van der Waals surface area contributed by atoms with E-state index in [2.05, 4.69) is 50.3 Å². The van der Waals surface area contributed by atoms with Gasteiger partial charge in [0.15, 0.2) is 0 Å². The molecule has 0 unspecified atom stereocenters. The van der Waals surface area contributed by atoms with Crippen molar-refractivity contribution in [2.45, 2.75) is 26.7 Å². The van der Waals surface area contributed by atoms with Gasteiger partial charge in [-0.1, -0.05) is 61.9 Å². The Morgan fingerprint density at radius 1 is 1.21 bits per heavy atom. The van der Waals surface area contributed by atoms with Gasteiger partial charge in [-0.05, 0) is 23.0 Å². The Labute approximate surface area is 114 Å². The molecule has 0 radical (unpaired) electrons. The van der Waals surface area contributed by atoms with Crippen molar-refractivity contribution >= 4 is 11.5 Å². The summed E-state index contributed by atoms with van der Waals surface area (Å²) in [7, 11) is 1.43. The molecule has 0 bridgehead atoms. The number of esters is 1. The molecule has 0 N–H and O–H groups in total. The molecule has 1 aliphatic carbocycles. The van der Waals surface area contributed by atoms with E-state index in [0.29, 0.717) is 6.42 Å². The van der Waals surface area contributed by atoms with E-state index in [1.807, 2.05) is 6.07 Å². The molecule has 0 saturated carbocycles. The molecule has 0 aliphatic heterocycles. The minimum atomic E-state index is -0.168. The van der Waals surface area contributed by atoms with Crippen molar-refractivity contribution in [3.63, 3.8) is 0 Å². The van der Waals surface area contributed by atoms with Crippen LogP contribution in [-0.4, -0.2) is 13.1 Å². The van der Waals surface area contributed by atoms with Crippen LogP contribution in [0.25, 0.3) is 5.57 Å². The van der Waals surface area contributed by atoms with Crippen LogP contribution in [0.2, 0.25) is 0 Å². The van der Waals surface area contributed by atoms with Crippen molar-refractivity contribution in [3.05, 3.63) is 53.6 Å². The minimum Gasteiger partial charge on any atom is -0.469 e.